The van der Waals surface area contributed by atoms with Gasteiger partial charge in [-0.05, 0) is 44.4 Å². The molecule has 0 saturated carbocycles. The van der Waals surface area contributed by atoms with Gasteiger partial charge in [0.1, 0.15) is 0 Å². The van der Waals surface area contributed by atoms with Crippen molar-refractivity contribution in [3.63, 3.8) is 0 Å². The number of hydrogen-bond donors (Lipinski definition) is 1. The normalized spacial score (nSPS) is 26.8. The highest BCUT2D eigenvalue weighted by atomic mass is 35.5. The third-order valence-corrected chi connectivity index (χ3v) is 3.59. The van der Waals surface area contributed by atoms with Gasteiger partial charge in [-0.25, -0.2) is 0 Å². The highest BCUT2D eigenvalue weighted by Crippen LogP contribution is 2.20. The maximum Gasteiger partial charge on any atom is 0.0561 e. The van der Waals surface area contributed by atoms with Gasteiger partial charge in [0, 0.05) is 23.7 Å². The average molecular weight is 254 g/mol. The molecule has 0 aliphatic carbocycles. The van der Waals surface area contributed by atoms with Crippen molar-refractivity contribution in [1.29, 1.82) is 0 Å². The first-order valence-corrected chi connectivity index (χ1v) is 6.66. The number of ether oxygens (including phenoxy) is 1. The van der Waals surface area contributed by atoms with Gasteiger partial charge in [0.15, 0.2) is 0 Å². The molecule has 3 atom stereocenters. The molecule has 1 aliphatic rings. The van der Waals surface area contributed by atoms with Crippen LogP contribution >= 0.6 is 11.6 Å². The van der Waals surface area contributed by atoms with Gasteiger partial charge in [-0.1, -0.05) is 23.7 Å². The number of nitrogens with one attached hydrogen (secondary N) is 1. The van der Waals surface area contributed by atoms with E-state index in [4.69, 9.17) is 16.3 Å². The van der Waals surface area contributed by atoms with E-state index in [1.807, 2.05) is 12.1 Å². The zero-order valence-electron chi connectivity index (χ0n) is 10.4. The molecule has 1 heterocycles. The Labute approximate surface area is 108 Å². The molecule has 1 saturated heterocycles. The summed E-state index contributed by atoms with van der Waals surface area (Å²) in [5, 5.41) is 4.45. The first-order valence-electron chi connectivity index (χ1n) is 6.28. The molecule has 0 spiro atoms. The molecule has 1 aliphatic heterocycles. The number of benzene rings is 1. The van der Waals surface area contributed by atoms with Gasteiger partial charge in [0.2, 0.25) is 0 Å². The van der Waals surface area contributed by atoms with Gasteiger partial charge in [0.05, 0.1) is 6.10 Å². The maximum absolute atomic E-state index is 5.89. The first-order chi connectivity index (χ1) is 8.15. The van der Waals surface area contributed by atoms with E-state index < -0.39 is 0 Å². The Morgan fingerprint density at radius 1 is 1.35 bits per heavy atom. The predicted octanol–water partition coefficient (Wildman–Crippen LogP) is 3.56. The van der Waals surface area contributed by atoms with Crippen LogP contribution in [0.2, 0.25) is 5.02 Å². The molecule has 0 amide bonds. The van der Waals surface area contributed by atoms with Crippen LogP contribution in [0.4, 0.5) is 0 Å². The maximum atomic E-state index is 5.89. The standard InChI is InChI=1S/C14H20ClNO/c1-10-9-14(7-8-17-10)16-11(2)12-3-5-13(15)6-4-12/h3-6,10-11,14,16H,7-9H2,1-2H3/t10?,11-,14?/m1/s1. The van der Waals surface area contributed by atoms with Gasteiger partial charge in [0.25, 0.3) is 0 Å². The van der Waals surface area contributed by atoms with E-state index in [0.29, 0.717) is 18.2 Å². The second kappa shape index (κ2) is 5.85. The van der Waals surface area contributed by atoms with Crippen molar-refractivity contribution >= 4 is 11.6 Å². The van der Waals surface area contributed by atoms with Crippen LogP contribution in [0.1, 0.15) is 38.3 Å². The quantitative estimate of drug-likeness (QED) is 0.890. The topological polar surface area (TPSA) is 21.3 Å². The molecule has 1 fully saturated rings. The van der Waals surface area contributed by atoms with E-state index in [0.717, 1.165) is 24.5 Å². The smallest absolute Gasteiger partial charge is 0.0561 e. The molecule has 2 unspecified atom stereocenters. The molecule has 1 N–H and O–H groups in total. The Morgan fingerprint density at radius 2 is 2.06 bits per heavy atom. The van der Waals surface area contributed by atoms with E-state index >= 15 is 0 Å². The van der Waals surface area contributed by atoms with Gasteiger partial charge in [-0.2, -0.15) is 0 Å². The predicted molar refractivity (Wildman–Crippen MR) is 71.4 cm³/mol. The molecule has 2 rings (SSSR count). The Morgan fingerprint density at radius 3 is 2.71 bits per heavy atom. The lowest BCUT2D eigenvalue weighted by Crippen LogP contribution is -2.39. The summed E-state index contributed by atoms with van der Waals surface area (Å²) in [5.41, 5.74) is 1.29. The third-order valence-electron chi connectivity index (χ3n) is 3.34. The molecule has 94 valence electrons. The largest absolute Gasteiger partial charge is 0.378 e. The Balaban J connectivity index is 1.91. The second-order valence-electron chi connectivity index (χ2n) is 4.84. The first kappa shape index (κ1) is 12.9. The molecule has 2 nitrogen and oxygen atoms in total. The van der Waals surface area contributed by atoms with Crippen molar-refractivity contribution in [3.8, 4) is 0 Å². The van der Waals surface area contributed by atoms with E-state index in [2.05, 4.69) is 31.3 Å². The number of hydrogen-bond acceptors (Lipinski definition) is 2. The van der Waals surface area contributed by atoms with Crippen LogP contribution in [-0.2, 0) is 4.74 Å². The third kappa shape index (κ3) is 3.70. The Kier molecular flexibility index (Phi) is 4.43. The SMILES string of the molecule is CC1CC(N[C@H](C)c2ccc(Cl)cc2)CCO1. The van der Waals surface area contributed by atoms with E-state index in [9.17, 15) is 0 Å². The Bertz CT molecular complexity index is 352. The summed E-state index contributed by atoms with van der Waals surface area (Å²) >= 11 is 5.89. The van der Waals surface area contributed by atoms with Gasteiger partial charge < -0.3 is 10.1 Å². The van der Waals surface area contributed by atoms with Gasteiger partial charge in [-0.15, -0.1) is 0 Å². The van der Waals surface area contributed by atoms with Crippen molar-refractivity contribution in [1.82, 2.24) is 5.32 Å². The molecule has 3 heteroatoms. The summed E-state index contributed by atoms with van der Waals surface area (Å²) in [6, 6.07) is 8.99. The molecule has 1 aromatic carbocycles. The molecule has 0 aromatic heterocycles. The van der Waals surface area contributed by atoms with Crippen LogP contribution in [0, 0.1) is 0 Å². The van der Waals surface area contributed by atoms with E-state index in [1.54, 1.807) is 0 Å². The fourth-order valence-electron chi connectivity index (χ4n) is 2.35. The van der Waals surface area contributed by atoms with E-state index in [1.165, 1.54) is 5.56 Å². The minimum absolute atomic E-state index is 0.363. The summed E-state index contributed by atoms with van der Waals surface area (Å²) in [7, 11) is 0. The van der Waals surface area contributed by atoms with Crippen LogP contribution in [0.25, 0.3) is 0 Å². The van der Waals surface area contributed by atoms with Crippen LogP contribution < -0.4 is 5.32 Å². The van der Waals surface area contributed by atoms with E-state index in [-0.39, 0.29) is 0 Å². The lowest BCUT2D eigenvalue weighted by Gasteiger charge is -2.30. The van der Waals surface area contributed by atoms with Crippen LogP contribution in [0.5, 0.6) is 0 Å². The number of halogens is 1. The van der Waals surface area contributed by atoms with Crippen molar-refractivity contribution in [2.75, 3.05) is 6.61 Å². The van der Waals surface area contributed by atoms with Crippen LogP contribution in [0.15, 0.2) is 24.3 Å². The molecule has 0 bridgehead atoms. The molecule has 1 aromatic rings. The summed E-state index contributed by atoms with van der Waals surface area (Å²) in [5.74, 6) is 0. The lowest BCUT2D eigenvalue weighted by molar-refractivity contribution is 0.0116. The highest BCUT2D eigenvalue weighted by molar-refractivity contribution is 6.30. The molecule has 17 heavy (non-hydrogen) atoms. The zero-order valence-corrected chi connectivity index (χ0v) is 11.2. The van der Waals surface area contributed by atoms with Crippen molar-refractivity contribution in [3.05, 3.63) is 34.9 Å². The van der Waals surface area contributed by atoms with Crippen LogP contribution in [-0.4, -0.2) is 18.8 Å². The summed E-state index contributed by atoms with van der Waals surface area (Å²) in [6.45, 7) is 5.20. The summed E-state index contributed by atoms with van der Waals surface area (Å²) in [6.07, 6.45) is 2.57. The fraction of sp³-hybridized carbons (Fsp3) is 0.571. The van der Waals surface area contributed by atoms with Gasteiger partial charge >= 0.3 is 0 Å². The second-order valence-corrected chi connectivity index (χ2v) is 5.28. The molecular weight excluding hydrogens is 234 g/mol. The van der Waals surface area contributed by atoms with Crippen molar-refractivity contribution in [2.45, 2.75) is 44.9 Å². The molecular formula is C14H20ClNO. The Hall–Kier alpha value is -0.570. The summed E-state index contributed by atoms with van der Waals surface area (Å²) < 4.78 is 5.55. The molecule has 0 radical (unpaired) electrons. The minimum atomic E-state index is 0.363. The van der Waals surface area contributed by atoms with Crippen molar-refractivity contribution < 1.29 is 4.74 Å². The van der Waals surface area contributed by atoms with Crippen LogP contribution in [0.3, 0.4) is 0 Å². The lowest BCUT2D eigenvalue weighted by atomic mass is 10.0. The monoisotopic (exact) mass is 253 g/mol. The van der Waals surface area contributed by atoms with Gasteiger partial charge in [-0.3, -0.25) is 0 Å². The minimum Gasteiger partial charge on any atom is -0.378 e. The average Bonchev–Trinajstić information content (AvgIpc) is 2.29. The fourth-order valence-corrected chi connectivity index (χ4v) is 2.48. The zero-order chi connectivity index (χ0) is 12.3. The van der Waals surface area contributed by atoms with Crippen molar-refractivity contribution in [2.24, 2.45) is 0 Å². The number of rotatable bonds is 3. The summed E-state index contributed by atoms with van der Waals surface area (Å²) in [4.78, 5) is 0. The highest BCUT2D eigenvalue weighted by Gasteiger charge is 2.20.